The second-order valence-electron chi connectivity index (χ2n) is 4.32. The van der Waals surface area contributed by atoms with Crippen molar-refractivity contribution in [2.45, 2.75) is 26.7 Å². The molecule has 0 saturated heterocycles. The average Bonchev–Trinajstić information content (AvgIpc) is 2.40. The van der Waals surface area contributed by atoms with Gasteiger partial charge in [0.25, 0.3) is 0 Å². The molecule has 4 heteroatoms. The average molecular weight is 264 g/mol. The molecule has 0 bridgehead atoms. The lowest BCUT2D eigenvalue weighted by molar-refractivity contribution is 0.201. The zero-order chi connectivity index (χ0) is 14.1. The van der Waals surface area contributed by atoms with Gasteiger partial charge in [0.2, 0.25) is 0 Å². The highest BCUT2D eigenvalue weighted by Crippen LogP contribution is 2.04. The van der Waals surface area contributed by atoms with Gasteiger partial charge in [-0.05, 0) is 36.6 Å². The molecule has 1 N–H and O–H groups in total. The lowest BCUT2D eigenvalue weighted by atomic mass is 10.2. The Hall–Kier alpha value is -1.84. The summed E-state index contributed by atoms with van der Waals surface area (Å²) in [6.07, 6.45) is 5.21. The number of carbonyl (C=O) groups excluding carboxylic acids is 1. The van der Waals surface area contributed by atoms with Crippen molar-refractivity contribution in [1.82, 2.24) is 10.2 Å². The fourth-order valence-electron chi connectivity index (χ4n) is 1.73. The predicted molar refractivity (Wildman–Crippen MR) is 76.1 cm³/mol. The summed E-state index contributed by atoms with van der Waals surface area (Å²) >= 11 is 0. The molecule has 0 fully saturated rings. The number of carbonyl (C=O) groups is 1. The van der Waals surface area contributed by atoms with E-state index in [9.17, 15) is 9.18 Å². The van der Waals surface area contributed by atoms with Gasteiger partial charge in [-0.1, -0.05) is 26.0 Å². The quantitative estimate of drug-likeness (QED) is 0.836. The Morgan fingerprint density at radius 3 is 2.32 bits per heavy atom. The van der Waals surface area contributed by atoms with Crippen molar-refractivity contribution in [2.24, 2.45) is 0 Å². The molecule has 1 rings (SSSR count). The molecule has 0 spiro atoms. The van der Waals surface area contributed by atoms with Crippen LogP contribution in [0.15, 0.2) is 30.5 Å². The van der Waals surface area contributed by atoms with Crippen LogP contribution in [-0.4, -0.2) is 24.0 Å². The van der Waals surface area contributed by atoms with E-state index in [0.29, 0.717) is 0 Å². The molecule has 0 saturated carbocycles. The summed E-state index contributed by atoms with van der Waals surface area (Å²) in [7, 11) is 0. The van der Waals surface area contributed by atoms with Crippen molar-refractivity contribution in [3.63, 3.8) is 0 Å². The Bertz CT molecular complexity index is 409. The molecule has 0 aromatic heterocycles. The van der Waals surface area contributed by atoms with E-state index >= 15 is 0 Å². The molecule has 19 heavy (non-hydrogen) atoms. The van der Waals surface area contributed by atoms with Gasteiger partial charge in [-0.2, -0.15) is 0 Å². The molecule has 0 aliphatic carbocycles. The Morgan fingerprint density at radius 2 is 1.79 bits per heavy atom. The molecule has 3 nitrogen and oxygen atoms in total. The van der Waals surface area contributed by atoms with Crippen molar-refractivity contribution in [3.8, 4) is 0 Å². The van der Waals surface area contributed by atoms with Crippen LogP contribution >= 0.6 is 0 Å². The van der Waals surface area contributed by atoms with Crippen LogP contribution in [0.3, 0.4) is 0 Å². The second kappa shape index (κ2) is 8.29. The molecule has 0 aliphatic heterocycles. The van der Waals surface area contributed by atoms with E-state index < -0.39 is 0 Å². The number of urea groups is 1. The van der Waals surface area contributed by atoms with E-state index in [4.69, 9.17) is 0 Å². The lowest BCUT2D eigenvalue weighted by Crippen LogP contribution is -2.38. The maximum absolute atomic E-state index is 12.7. The van der Waals surface area contributed by atoms with E-state index in [1.807, 2.05) is 13.8 Å². The molecule has 0 aliphatic rings. The zero-order valence-corrected chi connectivity index (χ0v) is 11.5. The topological polar surface area (TPSA) is 32.3 Å². The highest BCUT2D eigenvalue weighted by molar-refractivity contribution is 5.76. The van der Waals surface area contributed by atoms with Crippen LogP contribution in [0, 0.1) is 5.82 Å². The first-order chi connectivity index (χ1) is 9.17. The Morgan fingerprint density at radius 1 is 1.21 bits per heavy atom. The number of benzene rings is 1. The first-order valence-corrected chi connectivity index (χ1v) is 6.65. The SMILES string of the molecule is CCCN(CCC)C(=O)N/C=C/c1ccc(F)cc1. The minimum atomic E-state index is -0.266. The predicted octanol–water partition coefficient (Wildman–Crippen LogP) is 3.63. The first kappa shape index (κ1) is 15.2. The fourth-order valence-corrected chi connectivity index (χ4v) is 1.73. The summed E-state index contributed by atoms with van der Waals surface area (Å²) in [5.74, 6) is -0.266. The third kappa shape index (κ3) is 5.55. The molecular formula is C15H21FN2O. The van der Waals surface area contributed by atoms with Crippen molar-refractivity contribution in [1.29, 1.82) is 0 Å². The van der Waals surface area contributed by atoms with Gasteiger partial charge in [0.1, 0.15) is 5.82 Å². The van der Waals surface area contributed by atoms with E-state index in [2.05, 4.69) is 5.32 Å². The second-order valence-corrected chi connectivity index (χ2v) is 4.32. The van der Waals surface area contributed by atoms with Crippen LogP contribution in [0.5, 0.6) is 0 Å². The van der Waals surface area contributed by atoms with Crippen LogP contribution in [0.1, 0.15) is 32.3 Å². The summed E-state index contributed by atoms with van der Waals surface area (Å²) in [4.78, 5) is 13.7. The van der Waals surface area contributed by atoms with E-state index in [-0.39, 0.29) is 11.8 Å². The molecule has 0 heterocycles. The first-order valence-electron chi connectivity index (χ1n) is 6.65. The minimum Gasteiger partial charge on any atom is -0.325 e. The fraction of sp³-hybridized carbons (Fsp3) is 0.400. The van der Waals surface area contributed by atoms with E-state index in [0.717, 1.165) is 31.5 Å². The molecular weight excluding hydrogens is 243 g/mol. The summed E-state index contributed by atoms with van der Waals surface area (Å²) in [5, 5.41) is 2.73. The highest BCUT2D eigenvalue weighted by atomic mass is 19.1. The van der Waals surface area contributed by atoms with Gasteiger partial charge in [0.05, 0.1) is 0 Å². The van der Waals surface area contributed by atoms with Crippen LogP contribution in [0.4, 0.5) is 9.18 Å². The monoisotopic (exact) mass is 264 g/mol. The normalized spacial score (nSPS) is 10.7. The van der Waals surface area contributed by atoms with Crippen molar-refractivity contribution < 1.29 is 9.18 Å². The molecule has 1 aromatic carbocycles. The number of hydrogen-bond acceptors (Lipinski definition) is 1. The molecule has 104 valence electrons. The Kier molecular flexibility index (Phi) is 6.64. The third-order valence-electron chi connectivity index (χ3n) is 2.63. The maximum atomic E-state index is 12.7. The number of nitrogens with zero attached hydrogens (tertiary/aromatic N) is 1. The molecule has 1 aromatic rings. The van der Waals surface area contributed by atoms with Gasteiger partial charge < -0.3 is 10.2 Å². The molecule has 0 radical (unpaired) electrons. The number of nitrogens with one attached hydrogen (secondary N) is 1. The summed E-state index contributed by atoms with van der Waals surface area (Å²) in [5.41, 5.74) is 0.847. The Labute approximate surface area is 114 Å². The number of halogens is 1. The summed E-state index contributed by atoms with van der Waals surface area (Å²) in [6, 6.07) is 6.01. The summed E-state index contributed by atoms with van der Waals surface area (Å²) in [6.45, 7) is 5.60. The van der Waals surface area contributed by atoms with Crippen molar-refractivity contribution >= 4 is 12.1 Å². The standard InChI is InChI=1S/C15H21FN2O/c1-3-11-18(12-4-2)15(19)17-10-9-13-5-7-14(16)8-6-13/h5-10H,3-4,11-12H2,1-2H3,(H,17,19)/b10-9+. The number of hydrogen-bond donors (Lipinski definition) is 1. The number of amides is 2. The van der Waals surface area contributed by atoms with E-state index in [1.165, 1.54) is 12.1 Å². The lowest BCUT2D eigenvalue weighted by Gasteiger charge is -2.20. The van der Waals surface area contributed by atoms with Crippen molar-refractivity contribution in [3.05, 3.63) is 41.8 Å². The minimum absolute atomic E-state index is 0.0953. The Balaban J connectivity index is 2.49. The highest BCUT2D eigenvalue weighted by Gasteiger charge is 2.08. The largest absolute Gasteiger partial charge is 0.325 e. The summed E-state index contributed by atoms with van der Waals surface area (Å²) < 4.78 is 12.7. The molecule has 0 atom stereocenters. The van der Waals surface area contributed by atoms with Crippen LogP contribution < -0.4 is 5.32 Å². The molecule has 0 unspecified atom stereocenters. The van der Waals surface area contributed by atoms with Gasteiger partial charge in [0, 0.05) is 19.3 Å². The van der Waals surface area contributed by atoms with E-state index in [1.54, 1.807) is 29.3 Å². The van der Waals surface area contributed by atoms with Crippen LogP contribution in [0.2, 0.25) is 0 Å². The maximum Gasteiger partial charge on any atom is 0.321 e. The van der Waals surface area contributed by atoms with Gasteiger partial charge in [-0.25, -0.2) is 9.18 Å². The van der Waals surface area contributed by atoms with Crippen molar-refractivity contribution in [2.75, 3.05) is 13.1 Å². The van der Waals surface area contributed by atoms with Gasteiger partial charge in [0.15, 0.2) is 0 Å². The van der Waals surface area contributed by atoms with Crippen LogP contribution in [-0.2, 0) is 0 Å². The van der Waals surface area contributed by atoms with Crippen LogP contribution in [0.25, 0.3) is 6.08 Å². The molecule has 2 amide bonds. The van der Waals surface area contributed by atoms with Gasteiger partial charge in [-0.3, -0.25) is 0 Å². The third-order valence-corrected chi connectivity index (χ3v) is 2.63. The number of rotatable bonds is 6. The van der Waals surface area contributed by atoms with Gasteiger partial charge in [-0.15, -0.1) is 0 Å². The zero-order valence-electron chi connectivity index (χ0n) is 11.5. The smallest absolute Gasteiger partial charge is 0.321 e. The van der Waals surface area contributed by atoms with Gasteiger partial charge >= 0.3 is 6.03 Å².